The first-order valence-electron chi connectivity index (χ1n) is 21.8. The van der Waals surface area contributed by atoms with E-state index in [2.05, 4.69) is 0 Å². The van der Waals surface area contributed by atoms with Gasteiger partial charge in [0.1, 0.15) is 46.0 Å². The minimum absolute atomic E-state index is 0.0594. The highest BCUT2D eigenvalue weighted by atomic mass is 16.4. The van der Waals surface area contributed by atoms with E-state index in [0.717, 1.165) is 24.3 Å². The fraction of sp³-hybridized carbons (Fsp3) is 0.125. The Hall–Kier alpha value is -8.49. The van der Waals surface area contributed by atoms with Gasteiger partial charge in [0.25, 0.3) is 0 Å². The van der Waals surface area contributed by atoms with Crippen LogP contribution < -0.4 is 0 Å². The fourth-order valence-electron chi connectivity index (χ4n) is 9.67. The Balaban J connectivity index is 1.46. The molecule has 0 heterocycles. The average Bonchev–Trinajstić information content (AvgIpc) is 3.34. The van der Waals surface area contributed by atoms with E-state index in [9.17, 15) is 66.1 Å². The second-order valence-electron chi connectivity index (χ2n) is 17.2. The number of hydrogen-bond acceptors (Lipinski definition) is 12. The molecule has 0 saturated heterocycles. The second-order valence-corrected chi connectivity index (χ2v) is 17.2. The number of phenols is 8. The van der Waals surface area contributed by atoms with Gasteiger partial charge in [-0.3, -0.25) is 0 Å². The molecule has 0 aliphatic heterocycles. The molecule has 1 aliphatic carbocycles. The van der Waals surface area contributed by atoms with Gasteiger partial charge in [-0.15, -0.1) is 0 Å². The van der Waals surface area contributed by atoms with Gasteiger partial charge in [-0.05, 0) is 75.3 Å². The third kappa shape index (κ3) is 8.35. The zero-order valence-corrected chi connectivity index (χ0v) is 36.6. The van der Waals surface area contributed by atoms with Gasteiger partial charge in [0.15, 0.2) is 0 Å². The number of rotatable bonds is 8. The first kappa shape index (κ1) is 45.7. The summed E-state index contributed by atoms with van der Waals surface area (Å²) in [6.45, 7) is -0.872. The number of aromatic hydroxyl groups is 8. The molecule has 2 unspecified atom stereocenters. The molecule has 0 fully saturated rings. The van der Waals surface area contributed by atoms with Crippen molar-refractivity contribution in [3.05, 3.63) is 235 Å². The van der Waals surface area contributed by atoms with Crippen molar-refractivity contribution in [1.82, 2.24) is 0 Å². The molecule has 13 nitrogen and oxygen atoms in total. The van der Waals surface area contributed by atoms with E-state index in [0.29, 0.717) is 38.9 Å². The van der Waals surface area contributed by atoms with Crippen LogP contribution in [0, 0.1) is 0 Å². The monoisotopic (exact) mass is 926 g/mol. The number of aliphatic hydroxyl groups excluding tert-OH is 3. The molecule has 1 aliphatic rings. The Bertz CT molecular complexity index is 3070. The van der Waals surface area contributed by atoms with Crippen LogP contribution >= 0.6 is 0 Å². The van der Waals surface area contributed by atoms with Crippen LogP contribution in [0.4, 0.5) is 0 Å². The zero-order chi connectivity index (χ0) is 48.8. The quantitative estimate of drug-likeness (QED) is 0.0683. The summed E-state index contributed by atoms with van der Waals surface area (Å²) in [6.07, 6.45) is 0. The minimum Gasteiger partial charge on any atom is -0.507 e. The number of hydrogen-bond donors (Lipinski definition) is 12. The molecule has 8 bridgehead atoms. The first-order chi connectivity index (χ1) is 33.2. The van der Waals surface area contributed by atoms with Gasteiger partial charge < -0.3 is 61.3 Å². The molecule has 0 aromatic heterocycles. The topological polar surface area (TPSA) is 260 Å². The Morgan fingerprint density at radius 3 is 0.667 bits per heavy atom. The summed E-state index contributed by atoms with van der Waals surface area (Å²) in [6, 6.07) is 36.3. The average molecular weight is 927 g/mol. The molecular weight excluding hydrogens is 881 g/mol. The maximum atomic E-state index is 12.1. The molecule has 348 valence electrons. The summed E-state index contributed by atoms with van der Waals surface area (Å²) >= 11 is 0. The van der Waals surface area contributed by atoms with Gasteiger partial charge in [-0.1, -0.05) is 84.9 Å². The number of phenolic OH excluding ortho intramolecular Hbond substituents is 8. The van der Waals surface area contributed by atoms with Crippen molar-refractivity contribution in [2.45, 2.75) is 43.5 Å². The van der Waals surface area contributed by atoms with Gasteiger partial charge in [-0.2, -0.15) is 0 Å². The summed E-state index contributed by atoms with van der Waals surface area (Å²) in [5, 5.41) is 136. The summed E-state index contributed by atoms with van der Waals surface area (Å²) in [5.41, 5.74) is 4.33. The zero-order valence-electron chi connectivity index (χ0n) is 36.6. The van der Waals surface area contributed by atoms with Crippen LogP contribution in [0.2, 0.25) is 0 Å². The van der Waals surface area contributed by atoms with Crippen LogP contribution in [0.25, 0.3) is 0 Å². The van der Waals surface area contributed by atoms with Crippen molar-refractivity contribution in [2.24, 2.45) is 0 Å². The van der Waals surface area contributed by atoms with E-state index in [-0.39, 0.29) is 69.9 Å². The minimum atomic E-state index is -1.21. The molecular formula is C56H46O13. The molecule has 2 atom stereocenters. The van der Waals surface area contributed by atoms with Crippen LogP contribution in [-0.2, 0) is 19.8 Å². The van der Waals surface area contributed by atoms with Crippen LogP contribution in [0.3, 0.4) is 0 Å². The highest BCUT2D eigenvalue weighted by Crippen LogP contribution is 2.53. The molecule has 9 rings (SSSR count). The lowest BCUT2D eigenvalue weighted by molar-refractivity contribution is 0.0696. The predicted octanol–water partition coefficient (Wildman–Crippen LogP) is 8.54. The maximum Gasteiger partial charge on any atom is 0.335 e. The summed E-state index contributed by atoms with van der Waals surface area (Å²) in [7, 11) is 0. The molecule has 0 radical (unpaired) electrons. The standard InChI is InChI=1S/C56H46O13/c57-25-28-1-7-31(8-2-28)52-36-17-38(46(62)21-44(36)60)53(32-9-3-29(26-58)4-10-32)40-19-42(50(66)23-48(40)64)55(34-13-15-35(16-14-34)56(68)69)43-20-41(49(65)24-51(43)67)54(33-11-5-30(27-59)6-12-33)39-18-37(52)45(61)22-47(39)63/h1-24,52-55,57-67H,25-27H2,(H,68,69). The van der Waals surface area contributed by atoms with E-state index in [1.165, 1.54) is 48.5 Å². The molecule has 0 amide bonds. The van der Waals surface area contributed by atoms with E-state index >= 15 is 0 Å². The molecule has 0 saturated carbocycles. The number of benzene rings is 8. The molecule has 12 N–H and O–H groups in total. The van der Waals surface area contributed by atoms with Gasteiger partial charge >= 0.3 is 5.97 Å². The smallest absolute Gasteiger partial charge is 0.335 e. The van der Waals surface area contributed by atoms with Gasteiger partial charge in [0.2, 0.25) is 0 Å². The van der Waals surface area contributed by atoms with E-state index < -0.39 is 75.6 Å². The number of carboxylic acids is 1. The Labute approximate surface area is 394 Å². The van der Waals surface area contributed by atoms with Crippen molar-refractivity contribution in [3.8, 4) is 46.0 Å². The maximum absolute atomic E-state index is 12.1. The third-order valence-electron chi connectivity index (χ3n) is 13.2. The highest BCUT2D eigenvalue weighted by molar-refractivity contribution is 5.87. The third-order valence-corrected chi connectivity index (χ3v) is 13.2. The number of carbonyl (C=O) groups is 1. The second kappa shape index (κ2) is 18.3. The van der Waals surface area contributed by atoms with Crippen molar-refractivity contribution in [2.75, 3.05) is 0 Å². The van der Waals surface area contributed by atoms with Crippen molar-refractivity contribution >= 4 is 5.97 Å². The number of aliphatic hydroxyl groups is 3. The van der Waals surface area contributed by atoms with E-state index in [4.69, 9.17) is 0 Å². The Kier molecular flexibility index (Phi) is 12.1. The first-order valence-corrected chi connectivity index (χ1v) is 21.8. The largest absolute Gasteiger partial charge is 0.507 e. The lowest BCUT2D eigenvalue weighted by Gasteiger charge is -2.29. The molecule has 69 heavy (non-hydrogen) atoms. The van der Waals surface area contributed by atoms with Crippen molar-refractivity contribution < 1.29 is 66.1 Å². The molecule has 0 spiro atoms. The van der Waals surface area contributed by atoms with Crippen molar-refractivity contribution in [3.63, 3.8) is 0 Å². The van der Waals surface area contributed by atoms with Crippen LogP contribution in [0.15, 0.2) is 146 Å². The summed E-state index contributed by atoms with van der Waals surface area (Å²) in [4.78, 5) is 12.1. The molecule has 8 aromatic carbocycles. The number of aromatic carboxylic acids is 1. The Morgan fingerprint density at radius 1 is 0.304 bits per heavy atom. The van der Waals surface area contributed by atoms with Crippen LogP contribution in [0.5, 0.6) is 46.0 Å². The van der Waals surface area contributed by atoms with Crippen LogP contribution in [0.1, 0.15) is 117 Å². The summed E-state index contributed by atoms with van der Waals surface area (Å²) in [5.74, 6) is -9.13. The van der Waals surface area contributed by atoms with Gasteiger partial charge in [0, 0.05) is 92.4 Å². The molecule has 8 aromatic rings. The molecule has 13 heteroatoms. The summed E-state index contributed by atoms with van der Waals surface area (Å²) < 4.78 is 0. The van der Waals surface area contributed by atoms with Gasteiger partial charge in [-0.25, -0.2) is 4.79 Å². The normalized spacial score (nSPS) is 16.5. The number of fused-ring (bicyclic) bond motifs is 8. The lowest BCUT2D eigenvalue weighted by atomic mass is 9.75. The fourth-order valence-corrected chi connectivity index (χ4v) is 9.67. The van der Waals surface area contributed by atoms with Gasteiger partial charge in [0.05, 0.1) is 25.4 Å². The highest BCUT2D eigenvalue weighted by Gasteiger charge is 2.35. The van der Waals surface area contributed by atoms with E-state index in [1.54, 1.807) is 72.8 Å². The van der Waals surface area contributed by atoms with Crippen LogP contribution in [-0.4, -0.2) is 67.2 Å². The lowest BCUT2D eigenvalue weighted by Crippen LogP contribution is -2.13. The number of carboxylic acid groups (broad SMARTS) is 1. The Morgan fingerprint density at radius 2 is 0.493 bits per heavy atom. The SMILES string of the molecule is O=C(O)c1ccc(C2c3cc(c(O)cc3O)C(c3ccc(CO)cc3)c3cc(c(O)cc3O)C(c3ccc(CO)cc3)c3cc(c(O)cc3O)C(c3ccc(CO)cc3)c3cc2c(O)cc3O)cc1. The predicted molar refractivity (Wildman–Crippen MR) is 253 cm³/mol. The van der Waals surface area contributed by atoms with E-state index in [1.807, 2.05) is 0 Å². The van der Waals surface area contributed by atoms with Crippen molar-refractivity contribution in [1.29, 1.82) is 0 Å².